The maximum absolute atomic E-state index is 12.2. The van der Waals surface area contributed by atoms with Crippen LogP contribution in [0.15, 0.2) is 40.9 Å². The number of aryl methyl sites for hydroxylation is 1. The van der Waals surface area contributed by atoms with Crippen LogP contribution in [0, 0.1) is 6.92 Å². The van der Waals surface area contributed by atoms with E-state index in [1.807, 2.05) is 0 Å². The Labute approximate surface area is 134 Å². The topological polar surface area (TPSA) is 66.4 Å². The Bertz CT molecular complexity index is 731. The van der Waals surface area contributed by atoms with Crippen molar-refractivity contribution in [3.63, 3.8) is 0 Å². The predicted molar refractivity (Wildman–Crippen MR) is 85.2 cm³/mol. The molecule has 0 bridgehead atoms. The number of carbonyl (C=O) groups excluding carboxylic acids is 1. The molecule has 0 radical (unpaired) electrons. The molecule has 0 atom stereocenters. The molecule has 1 amide bonds. The quantitative estimate of drug-likeness (QED) is 0.846. The summed E-state index contributed by atoms with van der Waals surface area (Å²) in [7, 11) is 0. The molecule has 2 aromatic carbocycles. The van der Waals surface area contributed by atoms with Gasteiger partial charge in [-0.15, -0.1) is 0 Å². The highest BCUT2D eigenvalue weighted by molar-refractivity contribution is 9.10. The Morgan fingerprint density at radius 2 is 1.90 bits per heavy atom. The van der Waals surface area contributed by atoms with Gasteiger partial charge in [0.25, 0.3) is 5.91 Å². The zero-order valence-electron chi connectivity index (χ0n) is 11.0. The van der Waals surface area contributed by atoms with Crippen LogP contribution in [0.5, 0.6) is 0 Å². The number of rotatable bonds is 3. The largest absolute Gasteiger partial charge is 0.478 e. The third-order valence-corrected chi connectivity index (χ3v) is 3.72. The minimum atomic E-state index is -1.01. The predicted octanol–water partition coefficient (Wildman–Crippen LogP) is 4.36. The summed E-state index contributed by atoms with van der Waals surface area (Å²) in [5, 5.41) is 12.0. The van der Waals surface area contributed by atoms with Crippen molar-refractivity contribution in [2.75, 3.05) is 5.32 Å². The fourth-order valence-electron chi connectivity index (χ4n) is 1.80. The van der Waals surface area contributed by atoms with E-state index in [-0.39, 0.29) is 11.5 Å². The van der Waals surface area contributed by atoms with E-state index < -0.39 is 5.97 Å². The van der Waals surface area contributed by atoms with Crippen molar-refractivity contribution in [2.24, 2.45) is 0 Å². The molecular formula is C15H11BrClNO3. The van der Waals surface area contributed by atoms with Gasteiger partial charge in [-0.3, -0.25) is 4.79 Å². The van der Waals surface area contributed by atoms with Crippen molar-refractivity contribution in [3.8, 4) is 0 Å². The van der Waals surface area contributed by atoms with E-state index in [1.54, 1.807) is 31.2 Å². The lowest BCUT2D eigenvalue weighted by Crippen LogP contribution is -2.13. The highest BCUT2D eigenvalue weighted by Gasteiger charge is 2.13. The van der Waals surface area contributed by atoms with E-state index in [0.717, 1.165) is 4.47 Å². The fraction of sp³-hybridized carbons (Fsp3) is 0.0667. The van der Waals surface area contributed by atoms with Crippen LogP contribution in [0.3, 0.4) is 0 Å². The van der Waals surface area contributed by atoms with E-state index in [4.69, 9.17) is 16.7 Å². The van der Waals surface area contributed by atoms with Crippen LogP contribution in [0.1, 0.15) is 26.3 Å². The lowest BCUT2D eigenvalue weighted by molar-refractivity contribution is 0.0696. The van der Waals surface area contributed by atoms with Gasteiger partial charge in [0.15, 0.2) is 0 Å². The van der Waals surface area contributed by atoms with Gasteiger partial charge in [0, 0.05) is 10.2 Å². The summed E-state index contributed by atoms with van der Waals surface area (Å²) >= 11 is 9.29. The van der Waals surface area contributed by atoms with E-state index in [1.165, 1.54) is 12.1 Å². The second-order valence-corrected chi connectivity index (χ2v) is 5.74. The van der Waals surface area contributed by atoms with Gasteiger partial charge >= 0.3 is 5.97 Å². The molecule has 0 aliphatic rings. The van der Waals surface area contributed by atoms with Gasteiger partial charge in [-0.2, -0.15) is 0 Å². The molecule has 2 aromatic rings. The third-order valence-electron chi connectivity index (χ3n) is 2.89. The highest BCUT2D eigenvalue weighted by atomic mass is 79.9. The number of carbonyl (C=O) groups is 2. The third kappa shape index (κ3) is 3.62. The number of anilines is 1. The summed E-state index contributed by atoms with van der Waals surface area (Å²) in [5.41, 5.74) is 1.72. The molecule has 21 heavy (non-hydrogen) atoms. The second kappa shape index (κ2) is 6.28. The Hall–Kier alpha value is -1.85. The van der Waals surface area contributed by atoms with Gasteiger partial charge in [-0.05, 0) is 48.9 Å². The van der Waals surface area contributed by atoms with Crippen molar-refractivity contribution < 1.29 is 14.7 Å². The highest BCUT2D eigenvalue weighted by Crippen LogP contribution is 2.23. The Morgan fingerprint density at radius 1 is 1.19 bits per heavy atom. The molecule has 0 aliphatic carbocycles. The number of nitrogens with one attached hydrogen (secondary N) is 1. The van der Waals surface area contributed by atoms with Gasteiger partial charge < -0.3 is 10.4 Å². The molecule has 2 N–H and O–H groups in total. The number of hydrogen-bond acceptors (Lipinski definition) is 2. The SMILES string of the molecule is Cc1cc(C(=O)O)ccc1NC(=O)c1cc(Br)ccc1Cl. The number of carboxylic acids is 1. The summed E-state index contributed by atoms with van der Waals surface area (Å²) in [5.74, 6) is -1.36. The molecule has 0 aliphatic heterocycles. The van der Waals surface area contributed by atoms with Crippen LogP contribution in [0.4, 0.5) is 5.69 Å². The maximum Gasteiger partial charge on any atom is 0.335 e. The normalized spacial score (nSPS) is 10.2. The molecule has 0 heterocycles. The molecule has 0 unspecified atom stereocenters. The number of hydrogen-bond donors (Lipinski definition) is 2. The molecule has 108 valence electrons. The Balaban J connectivity index is 2.27. The van der Waals surface area contributed by atoms with Crippen LogP contribution in [-0.4, -0.2) is 17.0 Å². The summed E-state index contributed by atoms with van der Waals surface area (Å²) < 4.78 is 0.745. The standard InChI is InChI=1S/C15H11BrClNO3/c1-8-6-9(15(20)21)2-5-13(8)18-14(19)11-7-10(16)3-4-12(11)17/h2-7H,1H3,(H,18,19)(H,20,21). The van der Waals surface area contributed by atoms with Crippen molar-refractivity contribution in [1.82, 2.24) is 0 Å². The molecule has 2 rings (SSSR count). The van der Waals surface area contributed by atoms with Crippen molar-refractivity contribution in [3.05, 3.63) is 62.6 Å². The van der Waals surface area contributed by atoms with Gasteiger partial charge in [0.1, 0.15) is 0 Å². The van der Waals surface area contributed by atoms with Gasteiger partial charge in [0.2, 0.25) is 0 Å². The minimum Gasteiger partial charge on any atom is -0.478 e. The number of amides is 1. The van der Waals surface area contributed by atoms with Gasteiger partial charge in [0.05, 0.1) is 16.1 Å². The first-order chi connectivity index (χ1) is 9.88. The second-order valence-electron chi connectivity index (χ2n) is 4.41. The zero-order chi connectivity index (χ0) is 15.6. The molecule has 0 fully saturated rings. The van der Waals surface area contributed by atoms with E-state index in [9.17, 15) is 9.59 Å². The fourth-order valence-corrected chi connectivity index (χ4v) is 2.36. The zero-order valence-corrected chi connectivity index (χ0v) is 13.3. The van der Waals surface area contributed by atoms with E-state index in [0.29, 0.717) is 21.8 Å². The average Bonchev–Trinajstić information content (AvgIpc) is 2.43. The number of benzene rings is 2. The first-order valence-corrected chi connectivity index (χ1v) is 7.16. The van der Waals surface area contributed by atoms with Crippen molar-refractivity contribution in [2.45, 2.75) is 6.92 Å². The summed E-state index contributed by atoms with van der Waals surface area (Å²) in [6.45, 7) is 1.73. The first kappa shape index (κ1) is 15.5. The summed E-state index contributed by atoms with van der Waals surface area (Å²) in [6.07, 6.45) is 0. The first-order valence-electron chi connectivity index (χ1n) is 5.99. The van der Waals surface area contributed by atoms with Crippen molar-refractivity contribution >= 4 is 45.1 Å². The summed E-state index contributed by atoms with van der Waals surface area (Å²) in [6, 6.07) is 9.49. The number of aromatic carboxylic acids is 1. The lowest BCUT2D eigenvalue weighted by atomic mass is 10.1. The van der Waals surface area contributed by atoms with Crippen LogP contribution in [-0.2, 0) is 0 Å². The maximum atomic E-state index is 12.2. The van der Waals surface area contributed by atoms with Crippen LogP contribution in [0.25, 0.3) is 0 Å². The smallest absolute Gasteiger partial charge is 0.335 e. The minimum absolute atomic E-state index is 0.172. The summed E-state index contributed by atoms with van der Waals surface area (Å²) in [4.78, 5) is 23.1. The number of carboxylic acid groups (broad SMARTS) is 1. The van der Waals surface area contributed by atoms with Crippen LogP contribution < -0.4 is 5.32 Å². The van der Waals surface area contributed by atoms with Crippen LogP contribution >= 0.6 is 27.5 Å². The Kier molecular flexibility index (Phi) is 4.65. The van der Waals surface area contributed by atoms with E-state index in [2.05, 4.69) is 21.2 Å². The Morgan fingerprint density at radius 3 is 2.52 bits per heavy atom. The average molecular weight is 369 g/mol. The van der Waals surface area contributed by atoms with Gasteiger partial charge in [-0.25, -0.2) is 4.79 Å². The lowest BCUT2D eigenvalue weighted by Gasteiger charge is -2.10. The monoisotopic (exact) mass is 367 g/mol. The molecule has 0 aromatic heterocycles. The molecule has 4 nitrogen and oxygen atoms in total. The van der Waals surface area contributed by atoms with Crippen LogP contribution in [0.2, 0.25) is 5.02 Å². The van der Waals surface area contributed by atoms with E-state index >= 15 is 0 Å². The molecule has 6 heteroatoms. The van der Waals surface area contributed by atoms with Gasteiger partial charge in [-0.1, -0.05) is 27.5 Å². The molecule has 0 saturated heterocycles. The number of halogens is 2. The molecule has 0 spiro atoms. The van der Waals surface area contributed by atoms with Crippen molar-refractivity contribution in [1.29, 1.82) is 0 Å². The molecule has 0 saturated carbocycles. The molecular weight excluding hydrogens is 358 g/mol.